The zero-order chi connectivity index (χ0) is 16.9. The van der Waals surface area contributed by atoms with Gasteiger partial charge < -0.3 is 0 Å². The Morgan fingerprint density at radius 1 is 0.667 bits per heavy atom. The number of aliphatic hydroxyl groups is 1. The first-order chi connectivity index (χ1) is 11.6. The standard InChI is InChI=1S/C20H16Cl2OSe/c21-16-10-6-14(7-11-16)19(23)20(15-8-12-17(22)13-9-15)24-18-4-2-1-3-5-18/h1-13,19-20,23H/t19-,20-/m1/s1. The molecular formula is C20H16Cl2OSe. The van der Waals surface area contributed by atoms with Crippen molar-refractivity contribution < 1.29 is 5.11 Å². The molecule has 1 nitrogen and oxygen atoms in total. The molecule has 0 aromatic heterocycles. The van der Waals surface area contributed by atoms with Crippen molar-refractivity contribution in [2.24, 2.45) is 0 Å². The fourth-order valence-electron chi connectivity index (χ4n) is 2.45. The number of hydrogen-bond donors (Lipinski definition) is 1. The van der Waals surface area contributed by atoms with E-state index in [0.29, 0.717) is 10.0 Å². The summed E-state index contributed by atoms with van der Waals surface area (Å²) in [6.45, 7) is 0. The van der Waals surface area contributed by atoms with Gasteiger partial charge in [-0.3, -0.25) is 0 Å². The Kier molecular flexibility index (Phi) is 5.99. The topological polar surface area (TPSA) is 20.2 Å². The molecule has 3 aromatic rings. The molecule has 3 rings (SSSR count). The predicted molar refractivity (Wildman–Crippen MR) is 102 cm³/mol. The van der Waals surface area contributed by atoms with Crippen LogP contribution in [0.1, 0.15) is 22.0 Å². The molecule has 0 unspecified atom stereocenters. The molecule has 24 heavy (non-hydrogen) atoms. The molecule has 1 N–H and O–H groups in total. The van der Waals surface area contributed by atoms with Gasteiger partial charge in [0.15, 0.2) is 0 Å². The molecule has 122 valence electrons. The van der Waals surface area contributed by atoms with Crippen LogP contribution in [-0.2, 0) is 0 Å². The number of aliphatic hydroxyl groups excluding tert-OH is 1. The molecule has 3 aromatic carbocycles. The summed E-state index contributed by atoms with van der Waals surface area (Å²) in [4.78, 5) is -0.00154. The van der Waals surface area contributed by atoms with Crippen LogP contribution in [0.15, 0.2) is 78.9 Å². The number of hydrogen-bond acceptors (Lipinski definition) is 1. The van der Waals surface area contributed by atoms with E-state index in [-0.39, 0.29) is 19.8 Å². The normalized spacial score (nSPS) is 13.5. The summed E-state index contributed by atoms with van der Waals surface area (Å²) in [6.07, 6.45) is -0.594. The van der Waals surface area contributed by atoms with Crippen LogP contribution in [0.4, 0.5) is 0 Å². The van der Waals surface area contributed by atoms with Crippen LogP contribution in [0.2, 0.25) is 10.0 Å². The monoisotopic (exact) mass is 422 g/mol. The second-order valence-electron chi connectivity index (χ2n) is 5.40. The maximum absolute atomic E-state index is 11.0. The van der Waals surface area contributed by atoms with Crippen molar-refractivity contribution in [1.82, 2.24) is 0 Å². The van der Waals surface area contributed by atoms with Gasteiger partial charge in [-0.1, -0.05) is 0 Å². The first kappa shape index (κ1) is 17.5. The quantitative estimate of drug-likeness (QED) is 0.586. The summed E-state index contributed by atoms with van der Waals surface area (Å²) in [5.74, 6) is 0. The molecule has 0 bridgehead atoms. The van der Waals surface area contributed by atoms with Crippen LogP contribution in [0.5, 0.6) is 0 Å². The number of halogens is 2. The van der Waals surface area contributed by atoms with Crippen LogP contribution < -0.4 is 4.46 Å². The van der Waals surface area contributed by atoms with Crippen molar-refractivity contribution in [3.63, 3.8) is 0 Å². The maximum atomic E-state index is 11.0. The van der Waals surface area contributed by atoms with Gasteiger partial charge in [0.1, 0.15) is 0 Å². The van der Waals surface area contributed by atoms with Gasteiger partial charge in [0.25, 0.3) is 0 Å². The molecule has 0 fully saturated rings. The van der Waals surface area contributed by atoms with Gasteiger partial charge >= 0.3 is 159 Å². The zero-order valence-corrected chi connectivity index (χ0v) is 16.0. The molecule has 0 spiro atoms. The molecular weight excluding hydrogens is 406 g/mol. The van der Waals surface area contributed by atoms with E-state index in [2.05, 4.69) is 12.1 Å². The Morgan fingerprint density at radius 3 is 1.71 bits per heavy atom. The fourth-order valence-corrected chi connectivity index (χ4v) is 5.19. The Morgan fingerprint density at radius 2 is 1.17 bits per heavy atom. The minimum atomic E-state index is -0.594. The minimum absolute atomic E-state index is 0.00154. The molecule has 0 aliphatic heterocycles. The van der Waals surface area contributed by atoms with Gasteiger partial charge in [0.05, 0.1) is 0 Å². The molecule has 0 amide bonds. The number of benzene rings is 3. The molecule has 4 heteroatoms. The molecule has 0 saturated heterocycles. The van der Waals surface area contributed by atoms with E-state index >= 15 is 0 Å². The van der Waals surface area contributed by atoms with Gasteiger partial charge in [-0.15, -0.1) is 0 Å². The van der Waals surface area contributed by atoms with Crippen molar-refractivity contribution in [3.05, 3.63) is 100 Å². The molecule has 2 atom stereocenters. The molecule has 0 heterocycles. The summed E-state index contributed by atoms with van der Waals surface area (Å²) in [5.41, 5.74) is 1.96. The van der Waals surface area contributed by atoms with Crippen molar-refractivity contribution in [3.8, 4) is 0 Å². The van der Waals surface area contributed by atoms with Crippen LogP contribution >= 0.6 is 23.2 Å². The summed E-state index contributed by atoms with van der Waals surface area (Å²) in [6, 6.07) is 25.4. The van der Waals surface area contributed by atoms with E-state index in [9.17, 15) is 5.11 Å². The molecule has 0 aliphatic rings. The SMILES string of the molecule is O[C@H](c1ccc(Cl)cc1)[C@H]([Se]c1ccccc1)c1ccc(Cl)cc1. The zero-order valence-electron chi connectivity index (χ0n) is 12.8. The van der Waals surface area contributed by atoms with E-state index in [1.807, 2.05) is 66.7 Å². The van der Waals surface area contributed by atoms with E-state index in [4.69, 9.17) is 23.2 Å². The van der Waals surface area contributed by atoms with Crippen LogP contribution in [-0.4, -0.2) is 20.1 Å². The second-order valence-corrected chi connectivity index (χ2v) is 8.82. The van der Waals surface area contributed by atoms with Gasteiger partial charge in [-0.05, 0) is 0 Å². The van der Waals surface area contributed by atoms with Crippen molar-refractivity contribution >= 4 is 42.6 Å². The van der Waals surface area contributed by atoms with Crippen LogP contribution in [0.3, 0.4) is 0 Å². The third-order valence-corrected chi connectivity index (χ3v) is 6.99. The Hall–Kier alpha value is -1.28. The van der Waals surface area contributed by atoms with Crippen molar-refractivity contribution in [2.75, 3.05) is 0 Å². The van der Waals surface area contributed by atoms with Crippen LogP contribution in [0.25, 0.3) is 0 Å². The Bertz CT molecular complexity index is 773. The third kappa shape index (κ3) is 4.41. The van der Waals surface area contributed by atoms with E-state index < -0.39 is 6.10 Å². The average Bonchev–Trinajstić information content (AvgIpc) is 2.62. The van der Waals surface area contributed by atoms with Gasteiger partial charge in [0.2, 0.25) is 0 Å². The summed E-state index contributed by atoms with van der Waals surface area (Å²) < 4.78 is 1.25. The van der Waals surface area contributed by atoms with Gasteiger partial charge in [0, 0.05) is 0 Å². The van der Waals surface area contributed by atoms with Crippen molar-refractivity contribution in [1.29, 1.82) is 0 Å². The average molecular weight is 422 g/mol. The molecule has 0 aliphatic carbocycles. The fraction of sp³-hybridized carbons (Fsp3) is 0.100. The first-order valence-corrected chi connectivity index (χ1v) is 10.1. The van der Waals surface area contributed by atoms with E-state index in [1.54, 1.807) is 0 Å². The predicted octanol–water partition coefficient (Wildman–Crippen LogP) is 4.80. The number of rotatable bonds is 5. The van der Waals surface area contributed by atoms with E-state index in [0.717, 1.165) is 11.1 Å². The second kappa shape index (κ2) is 8.20. The molecule has 0 saturated carbocycles. The Labute approximate surface area is 158 Å². The molecule has 0 radical (unpaired) electrons. The van der Waals surface area contributed by atoms with Gasteiger partial charge in [-0.25, -0.2) is 0 Å². The Balaban J connectivity index is 1.94. The summed E-state index contributed by atoms with van der Waals surface area (Å²) >= 11 is 12.1. The van der Waals surface area contributed by atoms with E-state index in [1.165, 1.54) is 4.46 Å². The summed E-state index contributed by atoms with van der Waals surface area (Å²) in [5, 5.41) is 12.4. The van der Waals surface area contributed by atoms with Gasteiger partial charge in [-0.2, -0.15) is 0 Å². The first-order valence-electron chi connectivity index (χ1n) is 7.54. The third-order valence-electron chi connectivity index (χ3n) is 3.70. The van der Waals surface area contributed by atoms with Crippen molar-refractivity contribution in [2.45, 2.75) is 10.9 Å². The summed E-state index contributed by atoms with van der Waals surface area (Å²) in [7, 11) is 0. The van der Waals surface area contributed by atoms with Crippen LogP contribution in [0, 0.1) is 0 Å².